The number of esters is 1. The van der Waals surface area contributed by atoms with Gasteiger partial charge in [0.05, 0.1) is 6.42 Å². The van der Waals surface area contributed by atoms with Gasteiger partial charge in [0, 0.05) is 6.08 Å². The molecule has 0 aromatic rings. The molecule has 0 saturated carbocycles. The van der Waals surface area contributed by atoms with E-state index in [1.54, 1.807) is 6.92 Å². The SMILES string of the molecule is C=CC(=O)OC1(CC)CC(=O)NC1=O. The molecular formula is C9H11NO4. The minimum atomic E-state index is -1.33. The molecule has 0 spiro atoms. The van der Waals surface area contributed by atoms with Crippen LogP contribution in [0.3, 0.4) is 0 Å². The number of carbonyl (C=O) groups excluding carboxylic acids is 3. The molecule has 76 valence electrons. The van der Waals surface area contributed by atoms with Crippen LogP contribution in [0, 0.1) is 0 Å². The first-order valence-corrected chi connectivity index (χ1v) is 4.24. The molecule has 1 heterocycles. The second-order valence-electron chi connectivity index (χ2n) is 3.03. The van der Waals surface area contributed by atoms with E-state index in [1.165, 1.54) is 0 Å². The Kier molecular flexibility index (Phi) is 2.69. The Balaban J connectivity index is 2.86. The molecule has 5 heteroatoms. The molecule has 0 radical (unpaired) electrons. The van der Waals surface area contributed by atoms with Gasteiger partial charge < -0.3 is 4.74 Å². The van der Waals surface area contributed by atoms with E-state index in [-0.39, 0.29) is 12.8 Å². The number of rotatable bonds is 3. The van der Waals surface area contributed by atoms with Crippen LogP contribution in [0.5, 0.6) is 0 Å². The number of carbonyl (C=O) groups is 3. The first kappa shape index (κ1) is 10.4. The second-order valence-corrected chi connectivity index (χ2v) is 3.03. The van der Waals surface area contributed by atoms with E-state index in [2.05, 4.69) is 11.9 Å². The Hall–Kier alpha value is -1.65. The summed E-state index contributed by atoms with van der Waals surface area (Å²) in [6.07, 6.45) is 1.12. The van der Waals surface area contributed by atoms with E-state index in [4.69, 9.17) is 4.74 Å². The maximum atomic E-state index is 11.3. The number of hydrogen-bond donors (Lipinski definition) is 1. The molecule has 1 N–H and O–H groups in total. The molecule has 1 atom stereocenters. The molecule has 1 aliphatic heterocycles. The number of ether oxygens (including phenoxy) is 1. The van der Waals surface area contributed by atoms with Crippen molar-refractivity contribution in [3.63, 3.8) is 0 Å². The van der Waals surface area contributed by atoms with E-state index >= 15 is 0 Å². The van der Waals surface area contributed by atoms with E-state index in [0.29, 0.717) is 0 Å². The molecule has 0 aliphatic carbocycles. The normalized spacial score (nSPS) is 25.8. The van der Waals surface area contributed by atoms with Crippen molar-refractivity contribution in [2.45, 2.75) is 25.4 Å². The zero-order valence-electron chi connectivity index (χ0n) is 7.83. The Bertz CT molecular complexity index is 310. The molecule has 1 saturated heterocycles. The summed E-state index contributed by atoms with van der Waals surface area (Å²) < 4.78 is 4.89. The lowest BCUT2D eigenvalue weighted by atomic mass is 9.98. The molecule has 2 amide bonds. The predicted molar refractivity (Wildman–Crippen MR) is 47.1 cm³/mol. The number of hydrogen-bond acceptors (Lipinski definition) is 4. The lowest BCUT2D eigenvalue weighted by Crippen LogP contribution is -2.41. The van der Waals surface area contributed by atoms with Crippen molar-refractivity contribution in [1.82, 2.24) is 5.32 Å². The van der Waals surface area contributed by atoms with Gasteiger partial charge in [0.2, 0.25) is 5.91 Å². The monoisotopic (exact) mass is 197 g/mol. The van der Waals surface area contributed by atoms with Gasteiger partial charge in [-0.25, -0.2) is 4.79 Å². The van der Waals surface area contributed by atoms with Gasteiger partial charge in [-0.1, -0.05) is 13.5 Å². The third-order valence-electron chi connectivity index (χ3n) is 2.15. The highest BCUT2D eigenvalue weighted by molar-refractivity contribution is 6.08. The van der Waals surface area contributed by atoms with Crippen molar-refractivity contribution in [3.8, 4) is 0 Å². The Morgan fingerprint density at radius 3 is 2.71 bits per heavy atom. The molecule has 1 aliphatic rings. The van der Waals surface area contributed by atoms with Crippen molar-refractivity contribution in [2.24, 2.45) is 0 Å². The molecular weight excluding hydrogens is 186 g/mol. The van der Waals surface area contributed by atoms with Crippen LogP contribution in [0.4, 0.5) is 0 Å². The highest BCUT2D eigenvalue weighted by Crippen LogP contribution is 2.25. The summed E-state index contributed by atoms with van der Waals surface area (Å²) in [6.45, 7) is 4.90. The molecule has 0 bridgehead atoms. The van der Waals surface area contributed by atoms with Crippen LogP contribution in [-0.2, 0) is 19.1 Å². The lowest BCUT2D eigenvalue weighted by molar-refractivity contribution is -0.161. The molecule has 1 rings (SSSR count). The summed E-state index contributed by atoms with van der Waals surface area (Å²) in [7, 11) is 0. The van der Waals surface area contributed by atoms with Gasteiger partial charge in [0.15, 0.2) is 5.60 Å². The summed E-state index contributed by atoms with van der Waals surface area (Å²) in [5, 5.41) is 2.10. The standard InChI is InChI=1S/C9H11NO4/c1-3-7(12)14-9(4-2)5-6(11)10-8(9)13/h3H,1,4-5H2,2H3,(H,10,11,13). The summed E-state index contributed by atoms with van der Waals surface area (Å²) in [5.74, 6) is -1.68. The van der Waals surface area contributed by atoms with Crippen LogP contribution in [0.2, 0.25) is 0 Å². The minimum absolute atomic E-state index is 0.109. The van der Waals surface area contributed by atoms with Crippen molar-refractivity contribution >= 4 is 17.8 Å². The average molecular weight is 197 g/mol. The van der Waals surface area contributed by atoms with E-state index in [1.807, 2.05) is 0 Å². The van der Waals surface area contributed by atoms with Crippen molar-refractivity contribution < 1.29 is 19.1 Å². The van der Waals surface area contributed by atoms with Gasteiger partial charge >= 0.3 is 5.97 Å². The quantitative estimate of drug-likeness (QED) is 0.390. The molecule has 0 aromatic carbocycles. The van der Waals surface area contributed by atoms with E-state index < -0.39 is 23.4 Å². The topological polar surface area (TPSA) is 72.5 Å². The van der Waals surface area contributed by atoms with Crippen molar-refractivity contribution in [2.75, 3.05) is 0 Å². The van der Waals surface area contributed by atoms with Crippen LogP contribution >= 0.6 is 0 Å². The molecule has 1 unspecified atom stereocenters. The Labute approximate surface area is 81.1 Å². The van der Waals surface area contributed by atoms with Gasteiger partial charge in [-0.15, -0.1) is 0 Å². The highest BCUT2D eigenvalue weighted by Gasteiger charge is 2.48. The Morgan fingerprint density at radius 1 is 1.71 bits per heavy atom. The zero-order valence-corrected chi connectivity index (χ0v) is 7.83. The van der Waals surface area contributed by atoms with Gasteiger partial charge in [-0.05, 0) is 6.42 Å². The average Bonchev–Trinajstić information content (AvgIpc) is 2.42. The highest BCUT2D eigenvalue weighted by atomic mass is 16.6. The third-order valence-corrected chi connectivity index (χ3v) is 2.15. The number of amides is 2. The maximum Gasteiger partial charge on any atom is 0.331 e. The fourth-order valence-electron chi connectivity index (χ4n) is 1.30. The molecule has 1 fully saturated rings. The summed E-state index contributed by atoms with van der Waals surface area (Å²) in [4.78, 5) is 33.2. The molecule has 14 heavy (non-hydrogen) atoms. The fourth-order valence-corrected chi connectivity index (χ4v) is 1.30. The van der Waals surface area contributed by atoms with Crippen LogP contribution in [0.25, 0.3) is 0 Å². The van der Waals surface area contributed by atoms with Gasteiger partial charge in [0.1, 0.15) is 0 Å². The summed E-state index contributed by atoms with van der Waals surface area (Å²) in [5.41, 5.74) is -1.33. The third kappa shape index (κ3) is 1.66. The van der Waals surface area contributed by atoms with Gasteiger partial charge in [-0.3, -0.25) is 14.9 Å². The fraction of sp³-hybridized carbons (Fsp3) is 0.444. The van der Waals surface area contributed by atoms with Crippen LogP contribution in [-0.4, -0.2) is 23.4 Å². The maximum absolute atomic E-state index is 11.3. The van der Waals surface area contributed by atoms with Crippen LogP contribution < -0.4 is 5.32 Å². The largest absolute Gasteiger partial charge is 0.445 e. The zero-order chi connectivity index (χ0) is 10.8. The number of imide groups is 1. The first-order valence-electron chi connectivity index (χ1n) is 4.24. The molecule has 0 aromatic heterocycles. The first-order chi connectivity index (χ1) is 6.54. The van der Waals surface area contributed by atoms with Crippen LogP contribution in [0.15, 0.2) is 12.7 Å². The summed E-state index contributed by atoms with van der Waals surface area (Å²) in [6, 6.07) is 0. The van der Waals surface area contributed by atoms with Crippen LogP contribution in [0.1, 0.15) is 19.8 Å². The van der Waals surface area contributed by atoms with Gasteiger partial charge in [0.25, 0.3) is 5.91 Å². The lowest BCUT2D eigenvalue weighted by Gasteiger charge is -2.22. The van der Waals surface area contributed by atoms with Crippen molar-refractivity contribution in [3.05, 3.63) is 12.7 Å². The predicted octanol–water partition coefficient (Wildman–Crippen LogP) is -0.0891. The number of nitrogens with one attached hydrogen (secondary N) is 1. The summed E-state index contributed by atoms with van der Waals surface area (Å²) >= 11 is 0. The van der Waals surface area contributed by atoms with Gasteiger partial charge in [-0.2, -0.15) is 0 Å². The van der Waals surface area contributed by atoms with E-state index in [9.17, 15) is 14.4 Å². The Morgan fingerprint density at radius 2 is 2.36 bits per heavy atom. The smallest absolute Gasteiger partial charge is 0.331 e. The molecule has 5 nitrogen and oxygen atoms in total. The van der Waals surface area contributed by atoms with Crippen molar-refractivity contribution in [1.29, 1.82) is 0 Å². The second kappa shape index (κ2) is 3.61. The van der Waals surface area contributed by atoms with E-state index in [0.717, 1.165) is 6.08 Å². The minimum Gasteiger partial charge on any atom is -0.445 e.